The molecule has 0 bridgehead atoms. The van der Waals surface area contributed by atoms with Crippen LogP contribution in [0.1, 0.15) is 28.4 Å². The number of azo groups is 1. The summed E-state index contributed by atoms with van der Waals surface area (Å²) in [6.45, 7) is 5.15. The van der Waals surface area contributed by atoms with Gasteiger partial charge in [0.1, 0.15) is 0 Å². The number of rotatable bonds is 6. The summed E-state index contributed by atoms with van der Waals surface area (Å²) >= 11 is 0. The molecule has 0 aromatic heterocycles. The predicted molar refractivity (Wildman–Crippen MR) is 96.6 cm³/mol. The maximum Gasteiger partial charge on any atom is 0.251 e. The van der Waals surface area contributed by atoms with Crippen molar-refractivity contribution >= 4 is 17.3 Å². The molecule has 2 atom stereocenters. The number of aryl methyl sites for hydroxylation is 2. The topological polar surface area (TPSA) is 94.3 Å². The van der Waals surface area contributed by atoms with E-state index in [1.54, 1.807) is 24.3 Å². The van der Waals surface area contributed by atoms with Gasteiger partial charge in [0.15, 0.2) is 0 Å². The normalized spacial score (nSPS) is 13.6. The summed E-state index contributed by atoms with van der Waals surface area (Å²) in [5, 5.41) is 29.7. The van der Waals surface area contributed by atoms with Crippen LogP contribution < -0.4 is 5.32 Å². The Morgan fingerprint density at radius 1 is 1.08 bits per heavy atom. The van der Waals surface area contributed by atoms with Crippen molar-refractivity contribution in [2.75, 3.05) is 6.61 Å². The molecule has 0 spiro atoms. The van der Waals surface area contributed by atoms with E-state index in [2.05, 4.69) is 15.5 Å². The standard InChI is InChI=1S/C19H23N3O3/c1-12-5-4-6-13(2)18(12)22-21-16-9-7-15(8-10-16)19(25)20-17(11-23)14(3)24/h4-10,14,17,23-24H,11H2,1-3H3,(H,20,25)/t14-,17-/m1/s1. The molecule has 2 aromatic rings. The minimum Gasteiger partial charge on any atom is -0.394 e. The summed E-state index contributed by atoms with van der Waals surface area (Å²) in [5.41, 5.74) is 3.99. The molecule has 0 radical (unpaired) electrons. The van der Waals surface area contributed by atoms with E-state index in [9.17, 15) is 9.90 Å². The first-order valence-corrected chi connectivity index (χ1v) is 8.10. The minimum absolute atomic E-state index is 0.328. The summed E-state index contributed by atoms with van der Waals surface area (Å²) in [6.07, 6.45) is -0.834. The van der Waals surface area contributed by atoms with Crippen LogP contribution >= 0.6 is 0 Å². The molecule has 6 nitrogen and oxygen atoms in total. The molecule has 0 aliphatic heterocycles. The van der Waals surface area contributed by atoms with E-state index < -0.39 is 12.1 Å². The third-order valence-corrected chi connectivity index (χ3v) is 3.93. The monoisotopic (exact) mass is 341 g/mol. The van der Waals surface area contributed by atoms with Crippen molar-refractivity contribution in [1.29, 1.82) is 0 Å². The van der Waals surface area contributed by atoms with E-state index in [1.807, 2.05) is 32.0 Å². The van der Waals surface area contributed by atoms with E-state index in [0.29, 0.717) is 11.3 Å². The van der Waals surface area contributed by atoms with E-state index in [0.717, 1.165) is 16.8 Å². The Morgan fingerprint density at radius 3 is 2.20 bits per heavy atom. The first-order chi connectivity index (χ1) is 11.9. The van der Waals surface area contributed by atoms with Gasteiger partial charge in [0.05, 0.1) is 30.1 Å². The van der Waals surface area contributed by atoms with Crippen molar-refractivity contribution in [2.24, 2.45) is 10.2 Å². The molecule has 6 heteroatoms. The van der Waals surface area contributed by atoms with Crippen LogP contribution in [0.25, 0.3) is 0 Å². The minimum atomic E-state index is -0.834. The molecule has 0 saturated carbocycles. The van der Waals surface area contributed by atoms with Crippen LogP contribution in [0.3, 0.4) is 0 Å². The van der Waals surface area contributed by atoms with E-state index in [-0.39, 0.29) is 12.5 Å². The molecular weight excluding hydrogens is 318 g/mol. The molecule has 0 aliphatic carbocycles. The summed E-state index contributed by atoms with van der Waals surface area (Å²) in [6, 6.07) is 11.9. The molecule has 0 unspecified atom stereocenters. The lowest BCUT2D eigenvalue weighted by molar-refractivity contribution is 0.0758. The summed E-state index contributed by atoms with van der Waals surface area (Å²) in [4.78, 5) is 12.1. The van der Waals surface area contributed by atoms with Gasteiger partial charge < -0.3 is 15.5 Å². The van der Waals surface area contributed by atoms with Crippen molar-refractivity contribution in [3.8, 4) is 0 Å². The third-order valence-electron chi connectivity index (χ3n) is 3.93. The quantitative estimate of drug-likeness (QED) is 0.704. The molecule has 2 rings (SSSR count). The van der Waals surface area contributed by atoms with Gasteiger partial charge >= 0.3 is 0 Å². The lowest BCUT2D eigenvalue weighted by atomic mass is 10.1. The van der Waals surface area contributed by atoms with Gasteiger partial charge in [-0.3, -0.25) is 4.79 Å². The second-order valence-electron chi connectivity index (χ2n) is 5.99. The molecular formula is C19H23N3O3. The maximum absolute atomic E-state index is 12.1. The van der Waals surface area contributed by atoms with Gasteiger partial charge in [0, 0.05) is 5.56 Å². The summed E-state index contributed by atoms with van der Waals surface area (Å²) in [7, 11) is 0. The zero-order valence-corrected chi connectivity index (χ0v) is 14.6. The van der Waals surface area contributed by atoms with Crippen LogP contribution in [-0.4, -0.2) is 34.9 Å². The van der Waals surface area contributed by atoms with Crippen molar-refractivity contribution in [3.63, 3.8) is 0 Å². The Labute approximate surface area is 147 Å². The van der Waals surface area contributed by atoms with Gasteiger partial charge in [-0.1, -0.05) is 18.2 Å². The molecule has 0 fully saturated rings. The second-order valence-corrected chi connectivity index (χ2v) is 5.99. The Hall–Kier alpha value is -2.57. The number of aliphatic hydroxyl groups is 2. The summed E-state index contributed by atoms with van der Waals surface area (Å²) in [5.74, 6) is -0.363. The fourth-order valence-electron chi connectivity index (χ4n) is 2.32. The van der Waals surface area contributed by atoms with Crippen LogP contribution in [0.2, 0.25) is 0 Å². The van der Waals surface area contributed by atoms with Crippen molar-refractivity contribution in [2.45, 2.75) is 32.9 Å². The van der Waals surface area contributed by atoms with Crippen LogP contribution in [0.15, 0.2) is 52.7 Å². The lowest BCUT2D eigenvalue weighted by Crippen LogP contribution is -2.44. The zero-order chi connectivity index (χ0) is 18.4. The highest BCUT2D eigenvalue weighted by Crippen LogP contribution is 2.25. The molecule has 25 heavy (non-hydrogen) atoms. The number of nitrogens with zero attached hydrogens (tertiary/aromatic N) is 2. The zero-order valence-electron chi connectivity index (χ0n) is 14.6. The fourth-order valence-corrected chi connectivity index (χ4v) is 2.32. The first kappa shape index (κ1) is 18.8. The average molecular weight is 341 g/mol. The highest BCUT2D eigenvalue weighted by molar-refractivity contribution is 5.94. The number of carbonyl (C=O) groups excluding carboxylic acids is 1. The molecule has 2 aromatic carbocycles. The summed E-state index contributed by atoms with van der Waals surface area (Å²) < 4.78 is 0. The molecule has 132 valence electrons. The highest BCUT2D eigenvalue weighted by atomic mass is 16.3. The van der Waals surface area contributed by atoms with Crippen molar-refractivity contribution < 1.29 is 15.0 Å². The second kappa shape index (κ2) is 8.50. The Kier molecular flexibility index (Phi) is 6.38. The van der Waals surface area contributed by atoms with Gasteiger partial charge in [0.2, 0.25) is 0 Å². The van der Waals surface area contributed by atoms with Gasteiger partial charge in [-0.15, -0.1) is 0 Å². The van der Waals surface area contributed by atoms with E-state index in [4.69, 9.17) is 5.11 Å². The van der Waals surface area contributed by atoms with Gasteiger partial charge in [-0.2, -0.15) is 10.2 Å². The molecule has 0 aliphatic rings. The third kappa shape index (κ3) is 4.95. The van der Waals surface area contributed by atoms with Gasteiger partial charge in [0.25, 0.3) is 5.91 Å². The number of hydrogen-bond acceptors (Lipinski definition) is 5. The maximum atomic E-state index is 12.1. The number of aliphatic hydroxyl groups excluding tert-OH is 2. The van der Waals surface area contributed by atoms with E-state index >= 15 is 0 Å². The van der Waals surface area contributed by atoms with Crippen molar-refractivity contribution in [3.05, 3.63) is 59.2 Å². The highest BCUT2D eigenvalue weighted by Gasteiger charge is 2.17. The van der Waals surface area contributed by atoms with Gasteiger partial charge in [-0.25, -0.2) is 0 Å². The molecule has 0 heterocycles. The first-order valence-electron chi connectivity index (χ1n) is 8.10. The number of nitrogens with one attached hydrogen (secondary N) is 1. The molecule has 1 amide bonds. The smallest absolute Gasteiger partial charge is 0.251 e. The van der Waals surface area contributed by atoms with Crippen molar-refractivity contribution in [1.82, 2.24) is 5.32 Å². The molecule has 3 N–H and O–H groups in total. The number of benzene rings is 2. The predicted octanol–water partition coefficient (Wildman–Crippen LogP) is 3.19. The SMILES string of the molecule is Cc1cccc(C)c1N=Nc1ccc(C(=O)N[C@H](CO)[C@@H](C)O)cc1. The van der Waals surface area contributed by atoms with Crippen LogP contribution in [0, 0.1) is 13.8 Å². The Morgan fingerprint density at radius 2 is 1.68 bits per heavy atom. The Bertz CT molecular complexity index is 735. The van der Waals surface area contributed by atoms with Crippen LogP contribution in [0.4, 0.5) is 11.4 Å². The Balaban J connectivity index is 2.09. The number of hydrogen-bond donors (Lipinski definition) is 3. The van der Waals surface area contributed by atoms with E-state index in [1.165, 1.54) is 6.92 Å². The average Bonchev–Trinajstić information content (AvgIpc) is 2.59. The largest absolute Gasteiger partial charge is 0.394 e. The van der Waals surface area contributed by atoms with Gasteiger partial charge in [-0.05, 0) is 56.2 Å². The van der Waals surface area contributed by atoms with Crippen LogP contribution in [0.5, 0.6) is 0 Å². The van der Waals surface area contributed by atoms with Crippen LogP contribution in [-0.2, 0) is 0 Å². The fraction of sp³-hybridized carbons (Fsp3) is 0.316. The lowest BCUT2D eigenvalue weighted by Gasteiger charge is -2.18. The number of carbonyl (C=O) groups is 1. The molecule has 0 saturated heterocycles. The number of amides is 1.